The molecular formula is C19H23N3O4. The Bertz CT molecular complexity index is 739. The van der Waals surface area contributed by atoms with Gasteiger partial charge in [-0.2, -0.15) is 0 Å². The second-order valence-electron chi connectivity index (χ2n) is 5.89. The summed E-state index contributed by atoms with van der Waals surface area (Å²) >= 11 is 0. The summed E-state index contributed by atoms with van der Waals surface area (Å²) in [6, 6.07) is 10.5. The minimum atomic E-state index is -0.405. The molecule has 1 aromatic carbocycles. The highest BCUT2D eigenvalue weighted by molar-refractivity contribution is 5.96. The van der Waals surface area contributed by atoms with Crippen molar-refractivity contribution in [2.45, 2.75) is 20.3 Å². The molecule has 0 bridgehead atoms. The first-order valence-corrected chi connectivity index (χ1v) is 8.45. The van der Waals surface area contributed by atoms with Gasteiger partial charge in [0.15, 0.2) is 5.76 Å². The first kappa shape index (κ1) is 19.2. The second kappa shape index (κ2) is 9.41. The van der Waals surface area contributed by atoms with E-state index < -0.39 is 5.91 Å². The Morgan fingerprint density at radius 3 is 2.42 bits per heavy atom. The molecule has 0 radical (unpaired) electrons. The first-order chi connectivity index (χ1) is 12.5. The molecule has 2 N–H and O–H groups in total. The van der Waals surface area contributed by atoms with Crippen LogP contribution >= 0.6 is 0 Å². The van der Waals surface area contributed by atoms with Crippen molar-refractivity contribution in [2.75, 3.05) is 25.0 Å². The van der Waals surface area contributed by atoms with Crippen molar-refractivity contribution in [1.29, 1.82) is 0 Å². The fourth-order valence-corrected chi connectivity index (χ4v) is 2.33. The number of amides is 3. The largest absolute Gasteiger partial charge is 0.459 e. The first-order valence-electron chi connectivity index (χ1n) is 8.45. The van der Waals surface area contributed by atoms with Crippen LogP contribution in [0.3, 0.4) is 0 Å². The van der Waals surface area contributed by atoms with E-state index >= 15 is 0 Å². The second-order valence-corrected chi connectivity index (χ2v) is 5.89. The minimum absolute atomic E-state index is 0.134. The number of hydrogen-bond acceptors (Lipinski definition) is 4. The number of furan rings is 1. The SMILES string of the molecule is CCCN(CC(=O)NCC(=O)Nc1ccc(C)cc1)C(=O)c1ccco1. The number of hydrogen-bond donors (Lipinski definition) is 2. The van der Waals surface area contributed by atoms with Crippen molar-refractivity contribution in [3.8, 4) is 0 Å². The van der Waals surface area contributed by atoms with E-state index in [-0.39, 0.29) is 30.7 Å². The third-order valence-corrected chi connectivity index (χ3v) is 3.63. The van der Waals surface area contributed by atoms with Crippen LogP contribution in [0.4, 0.5) is 5.69 Å². The average Bonchev–Trinajstić information content (AvgIpc) is 3.15. The van der Waals surface area contributed by atoms with Crippen molar-refractivity contribution >= 4 is 23.4 Å². The van der Waals surface area contributed by atoms with Crippen molar-refractivity contribution in [3.63, 3.8) is 0 Å². The van der Waals surface area contributed by atoms with Gasteiger partial charge in [0.25, 0.3) is 5.91 Å². The normalized spacial score (nSPS) is 10.2. The molecule has 3 amide bonds. The zero-order valence-corrected chi connectivity index (χ0v) is 15.0. The van der Waals surface area contributed by atoms with Crippen molar-refractivity contribution in [1.82, 2.24) is 10.2 Å². The molecule has 26 heavy (non-hydrogen) atoms. The van der Waals surface area contributed by atoms with Gasteiger partial charge in [0.05, 0.1) is 19.4 Å². The lowest BCUT2D eigenvalue weighted by Crippen LogP contribution is -2.43. The van der Waals surface area contributed by atoms with E-state index in [2.05, 4.69) is 10.6 Å². The molecule has 0 aliphatic heterocycles. The summed E-state index contributed by atoms with van der Waals surface area (Å²) in [6.45, 7) is 3.99. The summed E-state index contributed by atoms with van der Waals surface area (Å²) in [5, 5.41) is 5.23. The van der Waals surface area contributed by atoms with Crippen LogP contribution in [0.15, 0.2) is 47.1 Å². The molecule has 0 atom stereocenters. The van der Waals surface area contributed by atoms with Crippen LogP contribution in [0.1, 0.15) is 29.5 Å². The number of nitrogens with one attached hydrogen (secondary N) is 2. The van der Waals surface area contributed by atoms with Gasteiger partial charge in [0.2, 0.25) is 11.8 Å². The van der Waals surface area contributed by atoms with Gasteiger partial charge >= 0.3 is 0 Å². The summed E-state index contributed by atoms with van der Waals surface area (Å²) in [6.07, 6.45) is 2.11. The minimum Gasteiger partial charge on any atom is -0.459 e. The summed E-state index contributed by atoms with van der Waals surface area (Å²) in [4.78, 5) is 37.7. The standard InChI is InChI=1S/C19H23N3O4/c1-3-10-22(19(25)16-5-4-11-26-16)13-18(24)20-12-17(23)21-15-8-6-14(2)7-9-15/h4-9,11H,3,10,12-13H2,1-2H3,(H,20,24)(H,21,23). The highest BCUT2D eigenvalue weighted by Gasteiger charge is 2.20. The number of carbonyl (C=O) groups excluding carboxylic acids is 3. The molecule has 2 aromatic rings. The van der Waals surface area contributed by atoms with Crippen LogP contribution in [-0.2, 0) is 9.59 Å². The monoisotopic (exact) mass is 357 g/mol. The third kappa shape index (κ3) is 5.77. The summed E-state index contributed by atoms with van der Waals surface area (Å²) in [5.74, 6) is -0.904. The Morgan fingerprint density at radius 1 is 1.08 bits per heavy atom. The van der Waals surface area contributed by atoms with Gasteiger partial charge in [-0.3, -0.25) is 14.4 Å². The fraction of sp³-hybridized carbons (Fsp3) is 0.316. The van der Waals surface area contributed by atoms with Crippen LogP contribution in [0.25, 0.3) is 0 Å². The molecule has 138 valence electrons. The molecule has 7 heteroatoms. The lowest BCUT2D eigenvalue weighted by molar-refractivity contribution is -0.124. The molecule has 0 saturated heterocycles. The molecule has 1 heterocycles. The number of anilines is 1. The molecule has 0 spiro atoms. The van der Waals surface area contributed by atoms with Crippen molar-refractivity contribution < 1.29 is 18.8 Å². The van der Waals surface area contributed by atoms with Gasteiger partial charge in [0.1, 0.15) is 0 Å². The smallest absolute Gasteiger partial charge is 0.290 e. The number of carbonyl (C=O) groups is 3. The predicted molar refractivity (Wildman–Crippen MR) is 97.7 cm³/mol. The highest BCUT2D eigenvalue weighted by Crippen LogP contribution is 2.08. The van der Waals surface area contributed by atoms with E-state index in [0.717, 1.165) is 5.56 Å². The van der Waals surface area contributed by atoms with E-state index in [1.807, 2.05) is 26.0 Å². The predicted octanol–water partition coefficient (Wildman–Crippen LogP) is 2.20. The Balaban J connectivity index is 1.82. The molecule has 7 nitrogen and oxygen atoms in total. The quantitative estimate of drug-likeness (QED) is 0.758. The average molecular weight is 357 g/mol. The van der Waals surface area contributed by atoms with Gasteiger partial charge in [-0.1, -0.05) is 24.6 Å². The van der Waals surface area contributed by atoms with E-state index in [9.17, 15) is 14.4 Å². The Labute approximate surface area is 152 Å². The molecule has 0 unspecified atom stereocenters. The molecule has 0 aliphatic rings. The zero-order chi connectivity index (χ0) is 18.9. The molecular weight excluding hydrogens is 334 g/mol. The Kier molecular flexibility index (Phi) is 6.96. The van der Waals surface area contributed by atoms with E-state index in [1.54, 1.807) is 24.3 Å². The van der Waals surface area contributed by atoms with Gasteiger partial charge in [-0.25, -0.2) is 0 Å². The van der Waals surface area contributed by atoms with Crippen LogP contribution in [0.5, 0.6) is 0 Å². The maximum absolute atomic E-state index is 12.3. The van der Waals surface area contributed by atoms with Gasteiger partial charge in [0, 0.05) is 12.2 Å². The van der Waals surface area contributed by atoms with E-state index in [0.29, 0.717) is 18.7 Å². The van der Waals surface area contributed by atoms with Crippen molar-refractivity contribution in [2.24, 2.45) is 0 Å². The maximum Gasteiger partial charge on any atom is 0.290 e. The number of aryl methyl sites for hydroxylation is 1. The molecule has 1 aromatic heterocycles. The summed E-state index contributed by atoms with van der Waals surface area (Å²) in [5.41, 5.74) is 1.75. The highest BCUT2D eigenvalue weighted by atomic mass is 16.3. The van der Waals surface area contributed by atoms with Gasteiger partial charge in [-0.05, 0) is 37.6 Å². The van der Waals surface area contributed by atoms with Crippen LogP contribution < -0.4 is 10.6 Å². The summed E-state index contributed by atoms with van der Waals surface area (Å²) < 4.78 is 5.09. The number of benzene rings is 1. The Morgan fingerprint density at radius 2 is 1.81 bits per heavy atom. The molecule has 0 saturated carbocycles. The van der Waals surface area contributed by atoms with Gasteiger partial charge < -0.3 is 20.0 Å². The summed E-state index contributed by atoms with van der Waals surface area (Å²) in [7, 11) is 0. The van der Waals surface area contributed by atoms with Crippen LogP contribution in [0.2, 0.25) is 0 Å². The van der Waals surface area contributed by atoms with E-state index in [4.69, 9.17) is 4.42 Å². The molecule has 2 rings (SSSR count). The number of nitrogens with zero attached hydrogens (tertiary/aromatic N) is 1. The van der Waals surface area contributed by atoms with E-state index in [1.165, 1.54) is 11.2 Å². The molecule has 0 aliphatic carbocycles. The fourth-order valence-electron chi connectivity index (χ4n) is 2.33. The lowest BCUT2D eigenvalue weighted by atomic mass is 10.2. The third-order valence-electron chi connectivity index (χ3n) is 3.63. The topological polar surface area (TPSA) is 91.7 Å². The zero-order valence-electron chi connectivity index (χ0n) is 15.0. The van der Waals surface area contributed by atoms with Crippen LogP contribution in [-0.4, -0.2) is 42.3 Å². The number of rotatable bonds is 8. The maximum atomic E-state index is 12.3. The van der Waals surface area contributed by atoms with Crippen molar-refractivity contribution in [3.05, 3.63) is 54.0 Å². The Hall–Kier alpha value is -3.09. The van der Waals surface area contributed by atoms with Crippen LogP contribution in [0, 0.1) is 6.92 Å². The molecule has 0 fully saturated rings. The van der Waals surface area contributed by atoms with Gasteiger partial charge in [-0.15, -0.1) is 0 Å². The lowest BCUT2D eigenvalue weighted by Gasteiger charge is -2.20.